The second kappa shape index (κ2) is 4.67. The van der Waals surface area contributed by atoms with Crippen LogP contribution in [0.2, 0.25) is 0 Å². The van der Waals surface area contributed by atoms with Gasteiger partial charge in [-0.15, -0.1) is 0 Å². The summed E-state index contributed by atoms with van der Waals surface area (Å²) in [5, 5.41) is 9.94. The molecule has 1 N–H and O–H groups in total. The monoisotopic (exact) mass is 310 g/mol. The highest BCUT2D eigenvalue weighted by molar-refractivity contribution is 9.10. The topological polar surface area (TPSA) is 38.1 Å². The fraction of sp³-hybridized carbons (Fsp3) is 0.500. The van der Waals surface area contributed by atoms with Crippen LogP contribution in [-0.2, 0) is 19.9 Å². The van der Waals surface area contributed by atoms with Gasteiger partial charge in [-0.05, 0) is 38.0 Å². The molecule has 1 aromatic heterocycles. The fourth-order valence-corrected chi connectivity index (χ4v) is 2.82. The number of fused-ring (bicyclic) bond motifs is 1. The average molecular weight is 311 g/mol. The summed E-state index contributed by atoms with van der Waals surface area (Å²) in [6, 6.07) is 4.14. The second-order valence-corrected chi connectivity index (χ2v) is 6.18. The Balaban J connectivity index is 2.62. The normalized spacial score (nSPS) is 12.3. The van der Waals surface area contributed by atoms with Crippen molar-refractivity contribution < 1.29 is 5.11 Å². The van der Waals surface area contributed by atoms with Crippen LogP contribution in [0.15, 0.2) is 16.6 Å². The summed E-state index contributed by atoms with van der Waals surface area (Å²) in [5.41, 5.74) is 2.65. The van der Waals surface area contributed by atoms with Crippen LogP contribution < -0.4 is 0 Å². The molecule has 18 heavy (non-hydrogen) atoms. The summed E-state index contributed by atoms with van der Waals surface area (Å²) in [5.74, 6) is 0.922. The molecule has 0 atom stereocenters. The van der Waals surface area contributed by atoms with Gasteiger partial charge < -0.3 is 9.67 Å². The third-order valence-corrected chi connectivity index (χ3v) is 3.88. The Bertz CT molecular complexity index is 581. The summed E-state index contributed by atoms with van der Waals surface area (Å²) in [6.45, 7) is 5.75. The van der Waals surface area contributed by atoms with Crippen molar-refractivity contribution in [2.75, 3.05) is 0 Å². The Labute approximate surface area is 116 Å². The summed E-state index contributed by atoms with van der Waals surface area (Å²) in [7, 11) is 2.00. The molecule has 4 heteroatoms. The molecule has 1 heterocycles. The molecule has 2 rings (SSSR count). The van der Waals surface area contributed by atoms with E-state index < -0.39 is 5.60 Å². The summed E-state index contributed by atoms with van der Waals surface area (Å²) < 4.78 is 3.17. The molecule has 0 spiro atoms. The van der Waals surface area contributed by atoms with Crippen molar-refractivity contribution in [2.24, 2.45) is 7.05 Å². The van der Waals surface area contributed by atoms with E-state index in [4.69, 9.17) is 4.98 Å². The zero-order valence-electron chi connectivity index (χ0n) is 11.3. The van der Waals surface area contributed by atoms with Crippen molar-refractivity contribution >= 4 is 27.0 Å². The van der Waals surface area contributed by atoms with Gasteiger partial charge in [-0.3, -0.25) is 0 Å². The summed E-state index contributed by atoms with van der Waals surface area (Å²) >= 11 is 3.57. The quantitative estimate of drug-likeness (QED) is 0.945. The molecule has 0 fully saturated rings. The Morgan fingerprint density at radius 1 is 1.39 bits per heavy atom. The van der Waals surface area contributed by atoms with E-state index in [-0.39, 0.29) is 0 Å². The lowest BCUT2D eigenvalue weighted by molar-refractivity contribution is 0.0782. The molecule has 0 aliphatic rings. The van der Waals surface area contributed by atoms with E-state index in [2.05, 4.69) is 39.6 Å². The van der Waals surface area contributed by atoms with Crippen molar-refractivity contribution in [3.63, 3.8) is 0 Å². The maximum Gasteiger partial charge on any atom is 0.112 e. The minimum absolute atomic E-state index is 0.555. The van der Waals surface area contributed by atoms with E-state index in [1.807, 2.05) is 20.9 Å². The maximum absolute atomic E-state index is 9.94. The zero-order valence-corrected chi connectivity index (χ0v) is 12.9. The molecule has 1 aromatic carbocycles. The molecule has 0 saturated heterocycles. The van der Waals surface area contributed by atoms with Gasteiger partial charge in [0.1, 0.15) is 5.82 Å². The summed E-state index contributed by atoms with van der Waals surface area (Å²) in [6.07, 6.45) is 1.50. The van der Waals surface area contributed by atoms with Crippen LogP contribution in [0.25, 0.3) is 11.0 Å². The minimum atomic E-state index is -0.737. The average Bonchev–Trinajstić information content (AvgIpc) is 2.54. The van der Waals surface area contributed by atoms with Gasteiger partial charge in [-0.1, -0.05) is 22.9 Å². The van der Waals surface area contributed by atoms with Gasteiger partial charge in [0.15, 0.2) is 0 Å². The number of rotatable bonds is 3. The molecule has 0 unspecified atom stereocenters. The third kappa shape index (κ3) is 2.45. The molecule has 0 radical (unpaired) electrons. The first-order valence-electron chi connectivity index (χ1n) is 6.18. The van der Waals surface area contributed by atoms with Crippen molar-refractivity contribution in [1.82, 2.24) is 9.55 Å². The fourth-order valence-electron chi connectivity index (χ4n) is 2.22. The first kappa shape index (κ1) is 13.6. The minimum Gasteiger partial charge on any atom is -0.390 e. The van der Waals surface area contributed by atoms with Gasteiger partial charge in [0.25, 0.3) is 0 Å². The van der Waals surface area contributed by atoms with E-state index in [1.54, 1.807) is 0 Å². The van der Waals surface area contributed by atoms with E-state index in [9.17, 15) is 5.11 Å². The molecule has 0 aliphatic carbocycles. The van der Waals surface area contributed by atoms with Gasteiger partial charge in [-0.2, -0.15) is 0 Å². The number of benzene rings is 1. The molecule has 2 aromatic rings. The second-order valence-electron chi connectivity index (χ2n) is 5.32. The number of hydrogen-bond donors (Lipinski definition) is 1. The van der Waals surface area contributed by atoms with Crippen LogP contribution in [0.1, 0.15) is 32.2 Å². The van der Waals surface area contributed by atoms with Crippen LogP contribution in [0.4, 0.5) is 0 Å². The highest BCUT2D eigenvalue weighted by Crippen LogP contribution is 2.27. The predicted molar refractivity (Wildman–Crippen MR) is 77.8 cm³/mol. The Kier molecular flexibility index (Phi) is 3.52. The van der Waals surface area contributed by atoms with E-state index in [0.29, 0.717) is 6.42 Å². The highest BCUT2D eigenvalue weighted by atomic mass is 79.9. The highest BCUT2D eigenvalue weighted by Gasteiger charge is 2.19. The number of nitrogens with zero attached hydrogens (tertiary/aromatic N) is 2. The smallest absolute Gasteiger partial charge is 0.112 e. The van der Waals surface area contributed by atoms with Crippen molar-refractivity contribution in [1.29, 1.82) is 0 Å². The number of hydrogen-bond acceptors (Lipinski definition) is 2. The molecular formula is C14H19BrN2O. The van der Waals surface area contributed by atoms with Gasteiger partial charge in [0.2, 0.25) is 0 Å². The maximum atomic E-state index is 9.94. The molecule has 0 aliphatic heterocycles. The van der Waals surface area contributed by atoms with Gasteiger partial charge in [0.05, 0.1) is 16.6 Å². The van der Waals surface area contributed by atoms with Crippen LogP contribution in [0, 0.1) is 0 Å². The van der Waals surface area contributed by atoms with Crippen LogP contribution in [-0.4, -0.2) is 20.3 Å². The molecule has 0 amide bonds. The first-order chi connectivity index (χ1) is 8.33. The number of aliphatic hydroxyl groups is 1. The van der Waals surface area contributed by atoms with Crippen molar-refractivity contribution in [2.45, 2.75) is 39.2 Å². The first-order valence-corrected chi connectivity index (χ1v) is 6.98. The lowest BCUT2D eigenvalue weighted by atomic mass is 10.1. The van der Waals surface area contributed by atoms with Crippen molar-refractivity contribution in [3.8, 4) is 0 Å². The third-order valence-electron chi connectivity index (χ3n) is 3.14. The molecular weight excluding hydrogens is 292 g/mol. The molecule has 3 nitrogen and oxygen atoms in total. The lowest BCUT2D eigenvalue weighted by Gasteiger charge is -2.16. The van der Waals surface area contributed by atoms with Gasteiger partial charge in [0, 0.05) is 17.9 Å². The van der Waals surface area contributed by atoms with Crippen LogP contribution >= 0.6 is 15.9 Å². The van der Waals surface area contributed by atoms with E-state index in [0.717, 1.165) is 27.8 Å². The number of aromatic nitrogens is 2. The Morgan fingerprint density at radius 2 is 2.06 bits per heavy atom. The largest absolute Gasteiger partial charge is 0.390 e. The van der Waals surface area contributed by atoms with E-state index in [1.165, 1.54) is 5.56 Å². The lowest BCUT2D eigenvalue weighted by Crippen LogP contribution is -2.23. The number of imidazole rings is 1. The van der Waals surface area contributed by atoms with E-state index >= 15 is 0 Å². The van der Waals surface area contributed by atoms with Crippen LogP contribution in [0.5, 0.6) is 0 Å². The zero-order chi connectivity index (χ0) is 13.5. The summed E-state index contributed by atoms with van der Waals surface area (Å²) in [4.78, 5) is 4.70. The predicted octanol–water partition coefficient (Wildman–Crippen LogP) is 3.21. The van der Waals surface area contributed by atoms with Gasteiger partial charge >= 0.3 is 0 Å². The Morgan fingerprint density at radius 3 is 2.61 bits per heavy atom. The van der Waals surface area contributed by atoms with Crippen LogP contribution in [0.3, 0.4) is 0 Å². The van der Waals surface area contributed by atoms with Gasteiger partial charge in [-0.25, -0.2) is 4.98 Å². The Hall–Kier alpha value is -0.870. The molecule has 0 saturated carbocycles. The van der Waals surface area contributed by atoms with Crippen molar-refractivity contribution in [3.05, 3.63) is 28.0 Å². The molecule has 0 bridgehead atoms. The number of aryl methyl sites for hydroxylation is 2. The SMILES string of the molecule is CCc1c(Br)ccc2c1nc(CC(C)(C)O)n2C. The standard InChI is InChI=1S/C14H19BrN2O/c1-5-9-10(15)6-7-11-13(9)16-12(17(11)4)8-14(2,3)18/h6-7,18H,5,8H2,1-4H3. The number of halogens is 1. The molecule has 98 valence electrons.